The second kappa shape index (κ2) is 5.04. The summed E-state index contributed by atoms with van der Waals surface area (Å²) in [7, 11) is 0. The van der Waals surface area contributed by atoms with Gasteiger partial charge in [0, 0.05) is 5.25 Å². The zero-order chi connectivity index (χ0) is 8.10. The molecular formula is C9H19NS. The molecule has 1 aliphatic carbocycles. The Morgan fingerprint density at radius 3 is 2.82 bits per heavy atom. The second-order valence-electron chi connectivity index (χ2n) is 3.49. The van der Waals surface area contributed by atoms with Gasteiger partial charge in [-0.2, -0.15) is 11.8 Å². The predicted octanol–water partition coefficient (Wildman–Crippen LogP) is 2.26. The van der Waals surface area contributed by atoms with E-state index in [1.807, 2.05) is 0 Å². The van der Waals surface area contributed by atoms with E-state index in [4.69, 9.17) is 5.73 Å². The van der Waals surface area contributed by atoms with Crippen LogP contribution in [0.25, 0.3) is 0 Å². The molecule has 1 rings (SSSR count). The fourth-order valence-corrected chi connectivity index (χ4v) is 2.33. The van der Waals surface area contributed by atoms with Crippen LogP contribution in [0.3, 0.4) is 0 Å². The Hall–Kier alpha value is 0.310. The standard InChI is InChI=1S/C9H19NS/c1-8(4-6-10)11-7-5-9-2-3-9/h8-9H,2-7,10H2,1H3. The van der Waals surface area contributed by atoms with Crippen LogP contribution in [0.1, 0.15) is 32.6 Å². The minimum absolute atomic E-state index is 0.777. The predicted molar refractivity (Wildman–Crippen MR) is 52.9 cm³/mol. The lowest BCUT2D eigenvalue weighted by Crippen LogP contribution is -2.07. The van der Waals surface area contributed by atoms with Crippen LogP contribution in [-0.4, -0.2) is 17.5 Å². The zero-order valence-electron chi connectivity index (χ0n) is 7.38. The van der Waals surface area contributed by atoms with E-state index in [1.54, 1.807) is 0 Å². The second-order valence-corrected chi connectivity index (χ2v) is 5.04. The zero-order valence-corrected chi connectivity index (χ0v) is 8.20. The largest absolute Gasteiger partial charge is 0.330 e. The molecule has 1 nitrogen and oxygen atoms in total. The van der Waals surface area contributed by atoms with E-state index in [0.29, 0.717) is 0 Å². The van der Waals surface area contributed by atoms with Gasteiger partial charge in [0.2, 0.25) is 0 Å². The van der Waals surface area contributed by atoms with Gasteiger partial charge in [0.1, 0.15) is 0 Å². The molecule has 0 saturated heterocycles. The van der Waals surface area contributed by atoms with E-state index in [9.17, 15) is 0 Å². The fourth-order valence-electron chi connectivity index (χ4n) is 1.16. The van der Waals surface area contributed by atoms with Gasteiger partial charge in [0.15, 0.2) is 0 Å². The van der Waals surface area contributed by atoms with Gasteiger partial charge in [-0.1, -0.05) is 19.8 Å². The van der Waals surface area contributed by atoms with E-state index >= 15 is 0 Å². The third-order valence-corrected chi connectivity index (χ3v) is 3.47. The molecule has 0 aromatic heterocycles. The number of thioether (sulfide) groups is 1. The minimum atomic E-state index is 0.777. The maximum Gasteiger partial charge on any atom is 0.00307 e. The van der Waals surface area contributed by atoms with Crippen molar-refractivity contribution in [1.29, 1.82) is 0 Å². The quantitative estimate of drug-likeness (QED) is 0.667. The van der Waals surface area contributed by atoms with E-state index in [2.05, 4.69) is 18.7 Å². The third-order valence-electron chi connectivity index (χ3n) is 2.20. The molecule has 1 saturated carbocycles. The van der Waals surface area contributed by atoms with Crippen molar-refractivity contribution in [3.05, 3.63) is 0 Å². The summed E-state index contributed by atoms with van der Waals surface area (Å²) >= 11 is 2.09. The molecule has 2 N–H and O–H groups in total. The summed E-state index contributed by atoms with van der Waals surface area (Å²) in [6.07, 6.45) is 5.60. The van der Waals surface area contributed by atoms with Crippen molar-refractivity contribution >= 4 is 11.8 Å². The summed E-state index contributed by atoms with van der Waals surface area (Å²) in [6.45, 7) is 3.13. The van der Waals surface area contributed by atoms with Crippen molar-refractivity contribution in [3.63, 3.8) is 0 Å². The lowest BCUT2D eigenvalue weighted by atomic mass is 10.3. The molecule has 0 aromatic rings. The highest BCUT2D eigenvalue weighted by molar-refractivity contribution is 7.99. The smallest absolute Gasteiger partial charge is 0.00307 e. The molecule has 11 heavy (non-hydrogen) atoms. The number of hydrogen-bond acceptors (Lipinski definition) is 2. The van der Waals surface area contributed by atoms with Crippen LogP contribution < -0.4 is 5.73 Å². The normalized spacial score (nSPS) is 20.2. The SMILES string of the molecule is CC(CCN)SCCC1CC1. The van der Waals surface area contributed by atoms with Crippen LogP contribution in [0, 0.1) is 5.92 Å². The topological polar surface area (TPSA) is 26.0 Å². The van der Waals surface area contributed by atoms with Crippen molar-refractivity contribution in [2.45, 2.75) is 37.9 Å². The molecule has 0 spiro atoms. The van der Waals surface area contributed by atoms with Crippen LogP contribution in [0.15, 0.2) is 0 Å². The molecule has 0 bridgehead atoms. The van der Waals surface area contributed by atoms with Crippen molar-refractivity contribution in [1.82, 2.24) is 0 Å². The first-order valence-corrected chi connectivity index (χ1v) is 5.69. The average Bonchev–Trinajstić information content (AvgIpc) is 2.72. The van der Waals surface area contributed by atoms with E-state index < -0.39 is 0 Å². The fraction of sp³-hybridized carbons (Fsp3) is 1.00. The highest BCUT2D eigenvalue weighted by atomic mass is 32.2. The van der Waals surface area contributed by atoms with E-state index in [1.165, 1.54) is 31.4 Å². The van der Waals surface area contributed by atoms with Gasteiger partial charge in [-0.05, 0) is 31.1 Å². The lowest BCUT2D eigenvalue weighted by molar-refractivity contribution is 0.792. The molecular weight excluding hydrogens is 154 g/mol. The molecule has 0 aromatic carbocycles. The van der Waals surface area contributed by atoms with Crippen LogP contribution >= 0.6 is 11.8 Å². The minimum Gasteiger partial charge on any atom is -0.330 e. The van der Waals surface area contributed by atoms with Gasteiger partial charge in [0.05, 0.1) is 0 Å². The summed E-state index contributed by atoms with van der Waals surface area (Å²) in [5.74, 6) is 2.44. The molecule has 1 fully saturated rings. The summed E-state index contributed by atoms with van der Waals surface area (Å²) in [6, 6.07) is 0. The third kappa shape index (κ3) is 4.70. The van der Waals surface area contributed by atoms with Crippen LogP contribution in [0.2, 0.25) is 0 Å². The molecule has 0 radical (unpaired) electrons. The van der Waals surface area contributed by atoms with Crippen molar-refractivity contribution in [3.8, 4) is 0 Å². The molecule has 66 valence electrons. The summed E-state index contributed by atoms with van der Waals surface area (Å²) < 4.78 is 0. The first kappa shape index (κ1) is 9.40. The van der Waals surface area contributed by atoms with E-state index in [0.717, 1.165) is 17.7 Å². The maximum absolute atomic E-state index is 5.46. The van der Waals surface area contributed by atoms with E-state index in [-0.39, 0.29) is 0 Å². The molecule has 1 unspecified atom stereocenters. The van der Waals surface area contributed by atoms with Gasteiger partial charge < -0.3 is 5.73 Å². The van der Waals surface area contributed by atoms with Crippen LogP contribution in [0.5, 0.6) is 0 Å². The molecule has 0 aliphatic heterocycles. The van der Waals surface area contributed by atoms with Crippen LogP contribution in [0.4, 0.5) is 0 Å². The van der Waals surface area contributed by atoms with Gasteiger partial charge in [-0.15, -0.1) is 0 Å². The van der Waals surface area contributed by atoms with Crippen LogP contribution in [-0.2, 0) is 0 Å². The van der Waals surface area contributed by atoms with Gasteiger partial charge in [0.25, 0.3) is 0 Å². The first-order valence-electron chi connectivity index (χ1n) is 4.64. The van der Waals surface area contributed by atoms with Gasteiger partial charge >= 0.3 is 0 Å². The molecule has 0 amide bonds. The number of rotatable bonds is 6. The Kier molecular flexibility index (Phi) is 4.31. The Balaban J connectivity index is 1.84. The summed E-state index contributed by atoms with van der Waals surface area (Å²) in [4.78, 5) is 0. The number of nitrogens with two attached hydrogens (primary N) is 1. The number of hydrogen-bond donors (Lipinski definition) is 1. The maximum atomic E-state index is 5.46. The monoisotopic (exact) mass is 173 g/mol. The Morgan fingerprint density at radius 1 is 1.55 bits per heavy atom. The highest BCUT2D eigenvalue weighted by Gasteiger charge is 2.20. The Bertz CT molecular complexity index is 102. The summed E-state index contributed by atoms with van der Waals surface area (Å²) in [5.41, 5.74) is 5.46. The highest BCUT2D eigenvalue weighted by Crippen LogP contribution is 2.34. The summed E-state index contributed by atoms with van der Waals surface area (Å²) in [5, 5.41) is 0.777. The van der Waals surface area contributed by atoms with Crippen molar-refractivity contribution in [2.24, 2.45) is 11.7 Å². The molecule has 0 heterocycles. The molecule has 1 aliphatic rings. The first-order chi connectivity index (χ1) is 5.33. The van der Waals surface area contributed by atoms with Crippen molar-refractivity contribution in [2.75, 3.05) is 12.3 Å². The lowest BCUT2D eigenvalue weighted by Gasteiger charge is -2.08. The molecule has 1 atom stereocenters. The Labute approximate surface area is 74.1 Å². The molecule has 2 heteroatoms. The average molecular weight is 173 g/mol. The van der Waals surface area contributed by atoms with Gasteiger partial charge in [-0.25, -0.2) is 0 Å². The Morgan fingerprint density at radius 2 is 2.27 bits per heavy atom. The van der Waals surface area contributed by atoms with Crippen molar-refractivity contribution < 1.29 is 0 Å². The van der Waals surface area contributed by atoms with Gasteiger partial charge in [-0.3, -0.25) is 0 Å².